The highest BCUT2D eigenvalue weighted by molar-refractivity contribution is 5.92. The van der Waals surface area contributed by atoms with Crippen LogP contribution in [0, 0.1) is 0 Å². The number of carbonyl (C=O) groups excluding carboxylic acids is 1. The zero-order chi connectivity index (χ0) is 15.9. The quantitative estimate of drug-likeness (QED) is 0.858. The Kier molecular flexibility index (Phi) is 5.59. The molecule has 2 aromatic rings. The number of rotatable bonds is 6. The van der Waals surface area contributed by atoms with Crippen molar-refractivity contribution in [2.75, 3.05) is 11.9 Å². The van der Waals surface area contributed by atoms with Gasteiger partial charge in [0.2, 0.25) is 5.91 Å². The maximum Gasteiger partial charge on any atom is 0.228 e. The van der Waals surface area contributed by atoms with E-state index in [1.165, 1.54) is 5.56 Å². The number of nitrogens with one attached hydrogen (secondary N) is 1. The topological polar surface area (TPSA) is 38.3 Å². The molecule has 0 aliphatic rings. The number of hydrogen-bond donors (Lipinski definition) is 1. The predicted octanol–water partition coefficient (Wildman–Crippen LogP) is 4.39. The van der Waals surface area contributed by atoms with Crippen molar-refractivity contribution in [3.05, 3.63) is 59.7 Å². The van der Waals surface area contributed by atoms with Gasteiger partial charge in [0.15, 0.2) is 0 Å². The van der Waals surface area contributed by atoms with Crippen LogP contribution < -0.4 is 10.1 Å². The molecule has 0 saturated carbocycles. The molecule has 3 heteroatoms. The lowest BCUT2D eigenvalue weighted by atomic mass is 10.0. The summed E-state index contributed by atoms with van der Waals surface area (Å²) >= 11 is 0. The first-order valence-electron chi connectivity index (χ1n) is 7.70. The summed E-state index contributed by atoms with van der Waals surface area (Å²) in [5, 5.41) is 2.96. The Bertz CT molecular complexity index is 618. The lowest BCUT2D eigenvalue weighted by Crippen LogP contribution is -2.14. The van der Waals surface area contributed by atoms with Gasteiger partial charge in [0.25, 0.3) is 0 Å². The van der Waals surface area contributed by atoms with Crippen LogP contribution in [-0.2, 0) is 11.2 Å². The van der Waals surface area contributed by atoms with Crippen LogP contribution in [0.1, 0.15) is 37.8 Å². The molecule has 2 aromatic carbocycles. The summed E-state index contributed by atoms with van der Waals surface area (Å²) in [5.41, 5.74) is 3.04. The Morgan fingerprint density at radius 3 is 2.50 bits per heavy atom. The third kappa shape index (κ3) is 4.62. The highest BCUT2D eigenvalue weighted by Crippen LogP contribution is 2.19. The second-order valence-corrected chi connectivity index (χ2v) is 5.58. The number of ether oxygens (including phenoxy) is 1. The van der Waals surface area contributed by atoms with Crippen LogP contribution in [0.25, 0.3) is 0 Å². The Labute approximate surface area is 132 Å². The summed E-state index contributed by atoms with van der Waals surface area (Å²) < 4.78 is 5.40. The summed E-state index contributed by atoms with van der Waals surface area (Å²) in [6.45, 7) is 6.88. The molecule has 0 aromatic heterocycles. The molecule has 116 valence electrons. The monoisotopic (exact) mass is 297 g/mol. The van der Waals surface area contributed by atoms with Gasteiger partial charge in [0.1, 0.15) is 5.75 Å². The molecule has 0 aliphatic carbocycles. The van der Waals surface area contributed by atoms with Gasteiger partial charge in [-0.2, -0.15) is 0 Å². The second-order valence-electron chi connectivity index (χ2n) is 5.58. The number of amides is 1. The first kappa shape index (κ1) is 16.1. The van der Waals surface area contributed by atoms with E-state index in [1.54, 1.807) is 0 Å². The highest BCUT2D eigenvalue weighted by Gasteiger charge is 2.06. The summed E-state index contributed by atoms with van der Waals surface area (Å²) in [4.78, 5) is 12.1. The van der Waals surface area contributed by atoms with Crippen LogP contribution >= 0.6 is 0 Å². The fourth-order valence-electron chi connectivity index (χ4n) is 2.24. The van der Waals surface area contributed by atoms with E-state index in [9.17, 15) is 4.79 Å². The van der Waals surface area contributed by atoms with Gasteiger partial charge in [0, 0.05) is 5.69 Å². The van der Waals surface area contributed by atoms with Gasteiger partial charge in [-0.25, -0.2) is 0 Å². The van der Waals surface area contributed by atoms with Crippen molar-refractivity contribution < 1.29 is 9.53 Å². The number of carbonyl (C=O) groups is 1. The Morgan fingerprint density at radius 1 is 1.14 bits per heavy atom. The molecule has 0 atom stereocenters. The normalized spacial score (nSPS) is 10.5. The van der Waals surface area contributed by atoms with Gasteiger partial charge in [-0.15, -0.1) is 0 Å². The molecular weight excluding hydrogens is 274 g/mol. The van der Waals surface area contributed by atoms with Crippen LogP contribution in [0.5, 0.6) is 5.75 Å². The highest BCUT2D eigenvalue weighted by atomic mass is 16.5. The molecule has 2 rings (SSSR count). The van der Waals surface area contributed by atoms with E-state index in [-0.39, 0.29) is 5.91 Å². The molecule has 0 bridgehead atoms. The van der Waals surface area contributed by atoms with E-state index in [0.717, 1.165) is 17.0 Å². The SMILES string of the molecule is CCOc1ccc(CC(=O)Nc2cccc(C(C)C)c2)cc1. The molecule has 22 heavy (non-hydrogen) atoms. The average molecular weight is 297 g/mol. The van der Waals surface area contributed by atoms with Crippen molar-refractivity contribution in [3.63, 3.8) is 0 Å². The third-order valence-corrected chi connectivity index (χ3v) is 3.44. The largest absolute Gasteiger partial charge is 0.494 e. The molecular formula is C19H23NO2. The predicted molar refractivity (Wildman–Crippen MR) is 90.5 cm³/mol. The molecule has 0 heterocycles. The van der Waals surface area contributed by atoms with Gasteiger partial charge in [-0.1, -0.05) is 38.1 Å². The molecule has 0 radical (unpaired) electrons. The van der Waals surface area contributed by atoms with E-state index < -0.39 is 0 Å². The fraction of sp³-hybridized carbons (Fsp3) is 0.316. The molecule has 0 saturated heterocycles. The van der Waals surface area contributed by atoms with Crippen molar-refractivity contribution in [1.82, 2.24) is 0 Å². The zero-order valence-corrected chi connectivity index (χ0v) is 13.4. The van der Waals surface area contributed by atoms with Gasteiger partial charge in [-0.3, -0.25) is 4.79 Å². The van der Waals surface area contributed by atoms with Crippen molar-refractivity contribution >= 4 is 11.6 Å². The molecule has 0 aliphatic heterocycles. The number of anilines is 1. The van der Waals surface area contributed by atoms with Crippen LogP contribution in [0.3, 0.4) is 0 Å². The molecule has 0 spiro atoms. The Morgan fingerprint density at radius 2 is 1.86 bits per heavy atom. The minimum absolute atomic E-state index is 0.00920. The molecule has 0 unspecified atom stereocenters. The maximum atomic E-state index is 12.1. The summed E-state index contributed by atoms with van der Waals surface area (Å²) in [5.74, 6) is 1.27. The van der Waals surface area contributed by atoms with Crippen LogP contribution in [0.2, 0.25) is 0 Å². The smallest absolute Gasteiger partial charge is 0.228 e. The van der Waals surface area contributed by atoms with E-state index in [2.05, 4.69) is 25.2 Å². The third-order valence-electron chi connectivity index (χ3n) is 3.44. The van der Waals surface area contributed by atoms with Gasteiger partial charge >= 0.3 is 0 Å². The summed E-state index contributed by atoms with van der Waals surface area (Å²) in [6, 6.07) is 15.6. The second kappa shape index (κ2) is 7.64. The van der Waals surface area contributed by atoms with Crippen molar-refractivity contribution in [2.24, 2.45) is 0 Å². The Balaban J connectivity index is 1.96. The fourth-order valence-corrected chi connectivity index (χ4v) is 2.24. The van der Waals surface area contributed by atoms with E-state index in [0.29, 0.717) is 18.9 Å². The standard InChI is InChI=1S/C19H23NO2/c1-4-22-18-10-8-15(9-11-18)12-19(21)20-17-7-5-6-16(13-17)14(2)3/h5-11,13-14H,4,12H2,1-3H3,(H,20,21). The number of hydrogen-bond acceptors (Lipinski definition) is 2. The van der Waals surface area contributed by atoms with E-state index in [1.807, 2.05) is 49.4 Å². The molecule has 1 amide bonds. The van der Waals surface area contributed by atoms with Gasteiger partial charge in [-0.05, 0) is 48.2 Å². The van der Waals surface area contributed by atoms with E-state index in [4.69, 9.17) is 4.74 Å². The first-order valence-corrected chi connectivity index (χ1v) is 7.70. The van der Waals surface area contributed by atoms with Crippen LogP contribution in [-0.4, -0.2) is 12.5 Å². The number of benzene rings is 2. The molecule has 1 N–H and O–H groups in total. The van der Waals surface area contributed by atoms with Crippen LogP contribution in [0.15, 0.2) is 48.5 Å². The van der Waals surface area contributed by atoms with Crippen molar-refractivity contribution in [2.45, 2.75) is 33.1 Å². The maximum absolute atomic E-state index is 12.1. The average Bonchev–Trinajstić information content (AvgIpc) is 2.49. The Hall–Kier alpha value is -2.29. The minimum atomic E-state index is -0.00920. The van der Waals surface area contributed by atoms with Gasteiger partial charge < -0.3 is 10.1 Å². The molecule has 0 fully saturated rings. The summed E-state index contributed by atoms with van der Waals surface area (Å²) in [6.07, 6.45) is 0.359. The van der Waals surface area contributed by atoms with Gasteiger partial charge in [0.05, 0.1) is 13.0 Å². The lowest BCUT2D eigenvalue weighted by Gasteiger charge is -2.10. The first-order chi connectivity index (χ1) is 10.6. The van der Waals surface area contributed by atoms with Crippen molar-refractivity contribution in [1.29, 1.82) is 0 Å². The summed E-state index contributed by atoms with van der Waals surface area (Å²) in [7, 11) is 0. The van der Waals surface area contributed by atoms with Crippen molar-refractivity contribution in [3.8, 4) is 5.75 Å². The van der Waals surface area contributed by atoms with Crippen LogP contribution in [0.4, 0.5) is 5.69 Å². The minimum Gasteiger partial charge on any atom is -0.494 e. The lowest BCUT2D eigenvalue weighted by molar-refractivity contribution is -0.115. The zero-order valence-electron chi connectivity index (χ0n) is 13.4. The molecule has 3 nitrogen and oxygen atoms in total. The van der Waals surface area contributed by atoms with E-state index >= 15 is 0 Å².